The van der Waals surface area contributed by atoms with E-state index in [0.29, 0.717) is 37.9 Å². The van der Waals surface area contributed by atoms with Crippen molar-refractivity contribution >= 4 is 11.8 Å². The number of aromatic nitrogens is 2. The molecule has 1 saturated heterocycles. The van der Waals surface area contributed by atoms with E-state index in [4.69, 9.17) is 5.10 Å². The molecule has 2 aromatic rings. The number of fused-ring (bicyclic) bond motifs is 1. The van der Waals surface area contributed by atoms with Gasteiger partial charge in [-0.2, -0.15) is 5.10 Å². The predicted molar refractivity (Wildman–Crippen MR) is 118 cm³/mol. The third-order valence-corrected chi connectivity index (χ3v) is 6.91. The van der Waals surface area contributed by atoms with Crippen LogP contribution in [0.1, 0.15) is 54.4 Å². The van der Waals surface area contributed by atoms with E-state index in [-0.39, 0.29) is 23.7 Å². The summed E-state index contributed by atoms with van der Waals surface area (Å²) in [5, 5.41) is 7.78. The number of amides is 2. The van der Waals surface area contributed by atoms with Crippen LogP contribution in [0.5, 0.6) is 0 Å². The lowest BCUT2D eigenvalue weighted by Crippen LogP contribution is -2.55. The Morgan fingerprint density at radius 1 is 1.06 bits per heavy atom. The Bertz CT molecular complexity index is 1010. The van der Waals surface area contributed by atoms with Gasteiger partial charge in [0.05, 0.1) is 11.7 Å². The van der Waals surface area contributed by atoms with Crippen LogP contribution in [0.4, 0.5) is 4.39 Å². The largest absolute Gasteiger partial charge is 0.352 e. The van der Waals surface area contributed by atoms with Crippen molar-refractivity contribution in [3.8, 4) is 5.69 Å². The van der Waals surface area contributed by atoms with Crippen LogP contribution in [0.15, 0.2) is 24.3 Å². The van der Waals surface area contributed by atoms with Crippen LogP contribution < -0.4 is 5.32 Å². The van der Waals surface area contributed by atoms with Crippen LogP contribution in [-0.2, 0) is 17.6 Å². The summed E-state index contributed by atoms with van der Waals surface area (Å²) in [6.45, 7) is 4.45. The Hall–Kier alpha value is -2.74. The Kier molecular flexibility index (Phi) is 5.71. The van der Waals surface area contributed by atoms with E-state index in [1.54, 1.807) is 12.1 Å². The monoisotopic (exact) mass is 439 g/mol. The summed E-state index contributed by atoms with van der Waals surface area (Å²) in [6, 6.07) is 6.44. The minimum Gasteiger partial charge on any atom is -0.352 e. The van der Waals surface area contributed by atoms with Crippen LogP contribution in [-0.4, -0.2) is 69.7 Å². The second kappa shape index (κ2) is 8.65. The average molecular weight is 440 g/mol. The van der Waals surface area contributed by atoms with Crippen LogP contribution in [0.2, 0.25) is 0 Å². The van der Waals surface area contributed by atoms with Crippen molar-refractivity contribution in [1.82, 2.24) is 24.9 Å². The first kappa shape index (κ1) is 21.1. The number of carbonyl (C=O) groups is 2. The molecule has 1 unspecified atom stereocenters. The fourth-order valence-corrected chi connectivity index (χ4v) is 4.74. The highest BCUT2D eigenvalue weighted by atomic mass is 19.1. The molecule has 8 heteroatoms. The van der Waals surface area contributed by atoms with Crippen molar-refractivity contribution in [2.24, 2.45) is 0 Å². The number of carbonyl (C=O) groups excluding carboxylic acids is 2. The molecule has 0 bridgehead atoms. The molecule has 32 heavy (non-hydrogen) atoms. The summed E-state index contributed by atoms with van der Waals surface area (Å²) in [5.74, 6) is -0.248. The molecule has 1 atom stereocenters. The molecule has 3 aliphatic rings. The second-order valence-electron chi connectivity index (χ2n) is 9.16. The highest BCUT2D eigenvalue weighted by molar-refractivity contribution is 5.94. The number of piperazine rings is 1. The first-order valence-corrected chi connectivity index (χ1v) is 11.7. The fraction of sp³-hybridized carbons (Fsp3) is 0.542. The van der Waals surface area contributed by atoms with E-state index in [1.165, 1.54) is 12.1 Å². The van der Waals surface area contributed by atoms with Gasteiger partial charge in [0.15, 0.2) is 5.69 Å². The molecule has 1 aliphatic heterocycles. The van der Waals surface area contributed by atoms with Gasteiger partial charge in [0.2, 0.25) is 5.91 Å². The Morgan fingerprint density at radius 2 is 1.75 bits per heavy atom. The number of nitrogens with zero attached hydrogens (tertiary/aromatic N) is 4. The zero-order valence-electron chi connectivity index (χ0n) is 18.5. The van der Waals surface area contributed by atoms with Gasteiger partial charge in [0.25, 0.3) is 5.91 Å². The normalized spacial score (nSPS) is 20.0. The molecule has 1 saturated carbocycles. The SMILES string of the molecule is CC(C(=O)NC1CC1)N1CCN(C(=O)c2nn(-c3ccc(F)cc3)c3c2CCCC3)CC1. The molecule has 2 fully saturated rings. The quantitative estimate of drug-likeness (QED) is 0.776. The smallest absolute Gasteiger partial charge is 0.274 e. The number of nitrogens with one attached hydrogen (secondary N) is 1. The van der Waals surface area contributed by atoms with E-state index in [9.17, 15) is 14.0 Å². The zero-order chi connectivity index (χ0) is 22.2. The van der Waals surface area contributed by atoms with Crippen molar-refractivity contribution in [3.63, 3.8) is 0 Å². The average Bonchev–Trinajstić information content (AvgIpc) is 3.56. The van der Waals surface area contributed by atoms with Gasteiger partial charge in [0.1, 0.15) is 5.82 Å². The summed E-state index contributed by atoms with van der Waals surface area (Å²) in [4.78, 5) is 29.8. The van der Waals surface area contributed by atoms with Crippen molar-refractivity contribution < 1.29 is 14.0 Å². The van der Waals surface area contributed by atoms with Crippen LogP contribution in [0.25, 0.3) is 5.69 Å². The highest BCUT2D eigenvalue weighted by Crippen LogP contribution is 2.28. The minimum absolute atomic E-state index is 0.0428. The Morgan fingerprint density at radius 3 is 2.44 bits per heavy atom. The standard InChI is InChI=1S/C24H30FN5O2/c1-16(23(31)26-18-8-9-18)28-12-14-29(15-13-28)24(32)22-20-4-2-3-5-21(20)30(27-22)19-10-6-17(25)7-11-19/h6-7,10-11,16,18H,2-5,8-9,12-15H2,1H3,(H,26,31). The summed E-state index contributed by atoms with van der Waals surface area (Å²) in [6.07, 6.45) is 5.98. The molecule has 0 radical (unpaired) electrons. The number of hydrogen-bond acceptors (Lipinski definition) is 4. The van der Waals surface area contributed by atoms with Crippen LogP contribution in [0, 0.1) is 5.82 Å². The maximum atomic E-state index is 13.4. The second-order valence-corrected chi connectivity index (χ2v) is 9.16. The summed E-state index contributed by atoms with van der Waals surface area (Å²) in [5.41, 5.74) is 3.40. The fourth-order valence-electron chi connectivity index (χ4n) is 4.74. The van der Waals surface area contributed by atoms with Crippen molar-refractivity contribution in [2.75, 3.05) is 26.2 Å². The Balaban J connectivity index is 1.30. The molecule has 1 N–H and O–H groups in total. The number of rotatable bonds is 5. The lowest BCUT2D eigenvalue weighted by molar-refractivity contribution is -0.126. The van der Waals surface area contributed by atoms with E-state index < -0.39 is 0 Å². The first-order valence-electron chi connectivity index (χ1n) is 11.7. The Labute approximate surface area is 187 Å². The molecule has 0 spiro atoms. The molecule has 7 nitrogen and oxygen atoms in total. The van der Waals surface area contributed by atoms with Gasteiger partial charge < -0.3 is 10.2 Å². The third-order valence-electron chi connectivity index (χ3n) is 6.91. The van der Waals surface area contributed by atoms with Gasteiger partial charge in [-0.15, -0.1) is 0 Å². The van der Waals surface area contributed by atoms with Crippen molar-refractivity contribution in [3.05, 3.63) is 47.0 Å². The third kappa shape index (κ3) is 4.16. The summed E-state index contributed by atoms with van der Waals surface area (Å²) >= 11 is 0. The highest BCUT2D eigenvalue weighted by Gasteiger charge is 2.33. The number of hydrogen-bond donors (Lipinski definition) is 1. The molecular formula is C24H30FN5O2. The van der Waals surface area contributed by atoms with E-state index in [0.717, 1.165) is 55.5 Å². The zero-order valence-corrected chi connectivity index (χ0v) is 18.5. The van der Waals surface area contributed by atoms with Gasteiger partial charge in [-0.05, 0) is 69.7 Å². The maximum Gasteiger partial charge on any atom is 0.274 e. The van der Waals surface area contributed by atoms with Gasteiger partial charge >= 0.3 is 0 Å². The number of benzene rings is 1. The molecule has 5 rings (SSSR count). The lowest BCUT2D eigenvalue weighted by atomic mass is 9.95. The van der Waals surface area contributed by atoms with E-state index >= 15 is 0 Å². The van der Waals surface area contributed by atoms with Gasteiger partial charge in [0, 0.05) is 43.5 Å². The van der Waals surface area contributed by atoms with Gasteiger partial charge in [-0.3, -0.25) is 14.5 Å². The molecule has 1 aromatic heterocycles. The molecule has 2 amide bonds. The van der Waals surface area contributed by atoms with E-state index in [2.05, 4.69) is 10.2 Å². The summed E-state index contributed by atoms with van der Waals surface area (Å²) < 4.78 is 15.2. The maximum absolute atomic E-state index is 13.4. The molecular weight excluding hydrogens is 409 g/mol. The number of halogens is 1. The van der Waals surface area contributed by atoms with Crippen molar-refractivity contribution in [2.45, 2.75) is 57.5 Å². The summed E-state index contributed by atoms with van der Waals surface area (Å²) in [7, 11) is 0. The molecule has 170 valence electrons. The van der Waals surface area contributed by atoms with Crippen molar-refractivity contribution in [1.29, 1.82) is 0 Å². The van der Waals surface area contributed by atoms with Gasteiger partial charge in [-0.25, -0.2) is 9.07 Å². The van der Waals surface area contributed by atoms with E-state index in [1.807, 2.05) is 16.5 Å². The van der Waals surface area contributed by atoms with Crippen LogP contribution >= 0.6 is 0 Å². The van der Waals surface area contributed by atoms with Gasteiger partial charge in [-0.1, -0.05) is 0 Å². The molecule has 1 aromatic carbocycles. The molecule has 2 aliphatic carbocycles. The minimum atomic E-state index is -0.288. The predicted octanol–water partition coefficient (Wildman–Crippen LogP) is 2.32. The lowest BCUT2D eigenvalue weighted by Gasteiger charge is -2.37. The molecule has 2 heterocycles. The topological polar surface area (TPSA) is 70.5 Å². The van der Waals surface area contributed by atoms with Crippen LogP contribution in [0.3, 0.4) is 0 Å². The first-order chi connectivity index (χ1) is 15.5.